The Morgan fingerprint density at radius 1 is 1.16 bits per heavy atom. The molecule has 5 rings (SSSR count). The van der Waals surface area contributed by atoms with Gasteiger partial charge >= 0.3 is 0 Å². The number of halogens is 3. The van der Waals surface area contributed by atoms with Gasteiger partial charge in [0.2, 0.25) is 5.91 Å². The van der Waals surface area contributed by atoms with Crippen LogP contribution in [-0.2, 0) is 4.79 Å². The van der Waals surface area contributed by atoms with Crippen molar-refractivity contribution in [3.8, 4) is 0 Å². The first kappa shape index (κ1) is 25.2. The Bertz CT molecular complexity index is 1310. The number of hydrogen-bond donors (Lipinski definition) is 2. The summed E-state index contributed by atoms with van der Waals surface area (Å²) in [5.74, 6) is 0.932. The van der Waals surface area contributed by atoms with Crippen LogP contribution in [0.4, 0.5) is 24.8 Å². The molecule has 1 amide bonds. The van der Waals surface area contributed by atoms with Crippen LogP contribution in [0.5, 0.6) is 0 Å². The Kier molecular flexibility index (Phi) is 6.89. The number of benzene rings is 1. The molecule has 1 aromatic carbocycles. The fourth-order valence-corrected chi connectivity index (χ4v) is 5.04. The first-order chi connectivity index (χ1) is 17.7. The number of nitrogens with zero attached hydrogens (tertiary/aromatic N) is 5. The fraction of sp³-hybridized carbons (Fsp3) is 0.462. The van der Waals surface area contributed by atoms with E-state index in [1.807, 2.05) is 13.1 Å². The first-order valence-electron chi connectivity index (χ1n) is 12.4. The van der Waals surface area contributed by atoms with Gasteiger partial charge in [0.25, 0.3) is 6.43 Å². The van der Waals surface area contributed by atoms with E-state index in [2.05, 4.69) is 35.4 Å². The zero-order valence-electron chi connectivity index (χ0n) is 21.0. The molecule has 37 heavy (non-hydrogen) atoms. The third kappa shape index (κ3) is 5.18. The molecule has 2 aromatic heterocycles. The number of fused-ring (bicyclic) bond motifs is 1. The van der Waals surface area contributed by atoms with Crippen molar-refractivity contribution in [1.29, 1.82) is 0 Å². The lowest BCUT2D eigenvalue weighted by Gasteiger charge is -2.35. The summed E-state index contributed by atoms with van der Waals surface area (Å²) in [4.78, 5) is 30.3. The summed E-state index contributed by atoms with van der Waals surface area (Å²) in [6.07, 6.45) is -0.407. The third-order valence-corrected chi connectivity index (χ3v) is 7.09. The number of anilines is 2. The van der Waals surface area contributed by atoms with Crippen LogP contribution < -0.4 is 15.5 Å². The molecule has 0 spiro atoms. The lowest BCUT2D eigenvalue weighted by Crippen LogP contribution is -2.53. The molecule has 2 saturated heterocycles. The average Bonchev–Trinajstić information content (AvgIpc) is 3.30. The van der Waals surface area contributed by atoms with Crippen LogP contribution in [0.1, 0.15) is 42.8 Å². The zero-order chi connectivity index (χ0) is 26.3. The second-order valence-corrected chi connectivity index (χ2v) is 9.95. The van der Waals surface area contributed by atoms with Crippen LogP contribution in [0.15, 0.2) is 30.5 Å². The standard InChI is InChI=1S/C26H30F3N7O/c1-14(18-5-4-6-19(23(18)27)24(28)29)31-25-20-9-22(30-10-21(20)32-15(2)33-25)36-8-7-17(13-36)34-26(37)16-11-35(3)12-16/h4-6,9-10,14,16-17,24H,7-8,11-13H2,1-3H3,(H,34,37)(H,31,32,33)/t14-,17-/m1/s1. The van der Waals surface area contributed by atoms with E-state index in [1.54, 1.807) is 20.0 Å². The van der Waals surface area contributed by atoms with E-state index in [9.17, 15) is 18.0 Å². The highest BCUT2D eigenvalue weighted by Crippen LogP contribution is 2.31. The predicted octanol–water partition coefficient (Wildman–Crippen LogP) is 3.84. The number of hydrogen-bond acceptors (Lipinski definition) is 7. The molecule has 4 heterocycles. The van der Waals surface area contributed by atoms with Gasteiger partial charge in [-0.1, -0.05) is 18.2 Å². The van der Waals surface area contributed by atoms with E-state index in [0.29, 0.717) is 29.1 Å². The van der Waals surface area contributed by atoms with E-state index in [-0.39, 0.29) is 23.4 Å². The van der Waals surface area contributed by atoms with Crippen LogP contribution in [0.3, 0.4) is 0 Å². The van der Waals surface area contributed by atoms with Crippen molar-refractivity contribution in [3.05, 3.63) is 53.2 Å². The normalized spacial score (nSPS) is 19.3. The Balaban J connectivity index is 1.35. The van der Waals surface area contributed by atoms with Gasteiger partial charge in [-0.3, -0.25) is 4.79 Å². The monoisotopic (exact) mass is 513 g/mol. The van der Waals surface area contributed by atoms with Crippen LogP contribution in [0, 0.1) is 18.7 Å². The van der Waals surface area contributed by atoms with Gasteiger partial charge in [0.1, 0.15) is 23.3 Å². The fourth-order valence-electron chi connectivity index (χ4n) is 5.04. The van der Waals surface area contributed by atoms with E-state index in [1.165, 1.54) is 12.1 Å². The topological polar surface area (TPSA) is 86.3 Å². The SMILES string of the molecule is Cc1nc(N[C@H](C)c2cccc(C(F)F)c2F)c2cc(N3CC[C@@H](NC(=O)C4CN(C)C4)C3)ncc2n1. The number of aromatic nitrogens is 3. The van der Waals surface area contributed by atoms with Gasteiger partial charge in [0.15, 0.2) is 0 Å². The number of alkyl halides is 2. The number of pyridine rings is 1. The third-order valence-electron chi connectivity index (χ3n) is 7.09. The summed E-state index contributed by atoms with van der Waals surface area (Å²) in [5, 5.41) is 7.04. The maximum Gasteiger partial charge on any atom is 0.266 e. The second kappa shape index (κ2) is 10.1. The maximum absolute atomic E-state index is 14.8. The molecular weight excluding hydrogens is 483 g/mol. The molecule has 2 aliphatic rings. The number of likely N-dealkylation sites (tertiary alicyclic amines) is 1. The quantitative estimate of drug-likeness (QED) is 0.497. The van der Waals surface area contributed by atoms with Crippen molar-refractivity contribution in [1.82, 2.24) is 25.2 Å². The van der Waals surface area contributed by atoms with Gasteiger partial charge in [0.05, 0.1) is 29.2 Å². The summed E-state index contributed by atoms with van der Waals surface area (Å²) in [6.45, 7) is 6.41. The Hall–Kier alpha value is -3.47. The molecule has 0 bridgehead atoms. The number of carbonyl (C=O) groups excluding carboxylic acids is 1. The predicted molar refractivity (Wildman–Crippen MR) is 135 cm³/mol. The minimum atomic E-state index is -2.90. The summed E-state index contributed by atoms with van der Waals surface area (Å²) in [7, 11) is 2.00. The summed E-state index contributed by atoms with van der Waals surface area (Å²) < 4.78 is 41.2. The highest BCUT2D eigenvalue weighted by atomic mass is 19.3. The number of rotatable bonds is 7. The largest absolute Gasteiger partial charge is 0.363 e. The van der Waals surface area contributed by atoms with Crippen LogP contribution >= 0.6 is 0 Å². The van der Waals surface area contributed by atoms with Crippen molar-refractivity contribution in [2.75, 3.05) is 43.4 Å². The lowest BCUT2D eigenvalue weighted by molar-refractivity contribution is -0.130. The molecule has 2 aliphatic heterocycles. The number of nitrogens with one attached hydrogen (secondary N) is 2. The van der Waals surface area contributed by atoms with Gasteiger partial charge in [-0.15, -0.1) is 0 Å². The molecule has 0 radical (unpaired) electrons. The summed E-state index contributed by atoms with van der Waals surface area (Å²) in [5.41, 5.74) is 0.125. The Labute approximate surface area is 213 Å². The smallest absolute Gasteiger partial charge is 0.266 e. The highest BCUT2D eigenvalue weighted by Gasteiger charge is 2.33. The van der Waals surface area contributed by atoms with Crippen LogP contribution in [-0.4, -0.2) is 65.0 Å². The molecular formula is C26H30F3N7O. The first-order valence-corrected chi connectivity index (χ1v) is 12.4. The van der Waals surface area contributed by atoms with E-state index in [0.717, 1.165) is 37.9 Å². The van der Waals surface area contributed by atoms with Crippen molar-refractivity contribution in [3.63, 3.8) is 0 Å². The second-order valence-electron chi connectivity index (χ2n) is 9.95. The van der Waals surface area contributed by atoms with Gasteiger partial charge in [-0.2, -0.15) is 0 Å². The number of amides is 1. The van der Waals surface area contributed by atoms with Gasteiger partial charge in [-0.05, 0) is 33.4 Å². The van der Waals surface area contributed by atoms with Crippen LogP contribution in [0.25, 0.3) is 10.9 Å². The van der Waals surface area contributed by atoms with E-state index < -0.39 is 23.8 Å². The number of carbonyl (C=O) groups is 1. The van der Waals surface area contributed by atoms with Crippen molar-refractivity contribution in [2.24, 2.45) is 5.92 Å². The van der Waals surface area contributed by atoms with E-state index >= 15 is 0 Å². The molecule has 2 atom stereocenters. The molecule has 0 aliphatic carbocycles. The maximum atomic E-state index is 14.8. The molecule has 8 nitrogen and oxygen atoms in total. The lowest BCUT2D eigenvalue weighted by atomic mass is 10.00. The molecule has 2 fully saturated rings. The van der Waals surface area contributed by atoms with Gasteiger partial charge in [0, 0.05) is 43.2 Å². The Morgan fingerprint density at radius 2 is 1.92 bits per heavy atom. The van der Waals surface area contributed by atoms with Crippen molar-refractivity contribution < 1.29 is 18.0 Å². The van der Waals surface area contributed by atoms with Gasteiger partial charge < -0.3 is 20.4 Å². The molecule has 2 N–H and O–H groups in total. The van der Waals surface area contributed by atoms with Gasteiger partial charge in [-0.25, -0.2) is 28.1 Å². The van der Waals surface area contributed by atoms with Crippen molar-refractivity contribution >= 4 is 28.4 Å². The molecule has 0 saturated carbocycles. The minimum absolute atomic E-state index is 0.0490. The highest BCUT2D eigenvalue weighted by molar-refractivity contribution is 5.90. The average molecular weight is 514 g/mol. The molecule has 3 aromatic rings. The zero-order valence-corrected chi connectivity index (χ0v) is 21.0. The molecule has 11 heteroatoms. The molecule has 0 unspecified atom stereocenters. The van der Waals surface area contributed by atoms with Crippen molar-refractivity contribution in [2.45, 2.75) is 38.8 Å². The minimum Gasteiger partial charge on any atom is -0.363 e. The summed E-state index contributed by atoms with van der Waals surface area (Å²) in [6, 6.07) is 5.31. The number of aryl methyl sites for hydroxylation is 1. The van der Waals surface area contributed by atoms with E-state index in [4.69, 9.17) is 0 Å². The Morgan fingerprint density at radius 3 is 2.65 bits per heavy atom. The van der Waals surface area contributed by atoms with Crippen LogP contribution in [0.2, 0.25) is 0 Å². The molecule has 196 valence electrons. The summed E-state index contributed by atoms with van der Waals surface area (Å²) >= 11 is 0.